The molecule has 4 nitrogen and oxygen atoms in total. The molecule has 118 valence electrons. The summed E-state index contributed by atoms with van der Waals surface area (Å²) in [5.41, 5.74) is 1.94. The van der Waals surface area contributed by atoms with Crippen molar-refractivity contribution in [2.45, 2.75) is 13.8 Å². The molecule has 0 bridgehead atoms. The summed E-state index contributed by atoms with van der Waals surface area (Å²) in [5.74, 6) is 0.588. The largest absolute Gasteiger partial charge is 0.337 e. The summed E-state index contributed by atoms with van der Waals surface area (Å²) in [4.78, 5) is 19.4. The van der Waals surface area contributed by atoms with Crippen molar-refractivity contribution in [3.63, 3.8) is 0 Å². The van der Waals surface area contributed by atoms with Crippen molar-refractivity contribution >= 4 is 56.2 Å². The van der Waals surface area contributed by atoms with Crippen LogP contribution in [0.1, 0.15) is 24.2 Å². The number of nitrogens with one attached hydrogen (secondary N) is 1. The second-order valence-corrected chi connectivity index (χ2v) is 5.58. The summed E-state index contributed by atoms with van der Waals surface area (Å²) in [6.45, 7) is 4.00. The molecule has 0 spiro atoms. The highest BCUT2D eigenvalue weighted by Gasteiger charge is 2.09. The predicted molar refractivity (Wildman–Crippen MR) is 98.7 cm³/mol. The third kappa shape index (κ3) is 3.86. The van der Waals surface area contributed by atoms with Gasteiger partial charge in [0.2, 0.25) is 0 Å². The number of anilines is 2. The standard InChI is InChI=1S/C15H9BrClN3O.C2H6/c16-11-2-1-3-12(13(11)17)20-15-14-10(4-5-18-15)6-9(8-21)7-19-14;1-2/h1-8H,(H,18,20);1-2H3. The van der Waals surface area contributed by atoms with Crippen LogP contribution in [0.5, 0.6) is 0 Å². The van der Waals surface area contributed by atoms with Crippen molar-refractivity contribution in [3.05, 3.63) is 57.8 Å². The Kier molecular flexibility index (Phi) is 6.07. The lowest BCUT2D eigenvalue weighted by Crippen LogP contribution is -1.97. The summed E-state index contributed by atoms with van der Waals surface area (Å²) >= 11 is 9.62. The molecule has 1 N–H and O–H groups in total. The minimum absolute atomic E-state index is 0.528. The first-order valence-electron chi connectivity index (χ1n) is 7.10. The Hall–Kier alpha value is -1.98. The van der Waals surface area contributed by atoms with E-state index < -0.39 is 0 Å². The van der Waals surface area contributed by atoms with Gasteiger partial charge in [-0.2, -0.15) is 0 Å². The van der Waals surface area contributed by atoms with E-state index in [-0.39, 0.29) is 0 Å². The quantitative estimate of drug-likeness (QED) is 0.587. The summed E-state index contributed by atoms with van der Waals surface area (Å²) in [7, 11) is 0. The Balaban J connectivity index is 0.000000924. The van der Waals surface area contributed by atoms with Crippen LogP contribution in [0.2, 0.25) is 5.02 Å². The van der Waals surface area contributed by atoms with Gasteiger partial charge in [-0.15, -0.1) is 0 Å². The fourth-order valence-electron chi connectivity index (χ4n) is 1.96. The molecule has 0 aliphatic rings. The van der Waals surface area contributed by atoms with Crippen LogP contribution in [0, 0.1) is 0 Å². The molecule has 0 saturated carbocycles. The highest BCUT2D eigenvalue weighted by Crippen LogP contribution is 2.32. The van der Waals surface area contributed by atoms with Crippen molar-refractivity contribution < 1.29 is 4.79 Å². The van der Waals surface area contributed by atoms with Crippen LogP contribution >= 0.6 is 27.5 Å². The van der Waals surface area contributed by atoms with Gasteiger partial charge in [-0.1, -0.05) is 31.5 Å². The number of aldehydes is 1. The minimum Gasteiger partial charge on any atom is -0.337 e. The first-order valence-corrected chi connectivity index (χ1v) is 8.27. The van der Waals surface area contributed by atoms with E-state index in [1.54, 1.807) is 12.3 Å². The molecule has 3 aromatic rings. The third-order valence-electron chi connectivity index (χ3n) is 2.96. The Morgan fingerprint density at radius 3 is 2.74 bits per heavy atom. The number of pyridine rings is 2. The molecule has 2 heterocycles. The maximum atomic E-state index is 10.8. The van der Waals surface area contributed by atoms with Crippen LogP contribution < -0.4 is 5.32 Å². The topological polar surface area (TPSA) is 54.9 Å². The smallest absolute Gasteiger partial charge is 0.156 e. The zero-order valence-electron chi connectivity index (χ0n) is 12.7. The van der Waals surface area contributed by atoms with Crippen molar-refractivity contribution in [1.29, 1.82) is 0 Å². The fraction of sp³-hybridized carbons (Fsp3) is 0.118. The molecule has 0 aliphatic heterocycles. The van der Waals surface area contributed by atoms with E-state index in [2.05, 4.69) is 31.2 Å². The van der Waals surface area contributed by atoms with Crippen LogP contribution in [-0.4, -0.2) is 16.3 Å². The van der Waals surface area contributed by atoms with Crippen molar-refractivity contribution in [3.8, 4) is 0 Å². The van der Waals surface area contributed by atoms with Gasteiger partial charge in [0, 0.05) is 27.8 Å². The Labute approximate surface area is 148 Å². The number of carbonyl (C=O) groups is 1. The normalized spacial score (nSPS) is 9.91. The molecule has 0 aliphatic carbocycles. The maximum Gasteiger partial charge on any atom is 0.156 e. The Morgan fingerprint density at radius 2 is 2.00 bits per heavy atom. The molecule has 0 fully saturated rings. The van der Waals surface area contributed by atoms with E-state index in [9.17, 15) is 4.79 Å². The second kappa shape index (κ2) is 8.04. The summed E-state index contributed by atoms with van der Waals surface area (Å²) in [5, 5.41) is 4.58. The van der Waals surface area contributed by atoms with Gasteiger partial charge in [0.05, 0.1) is 10.7 Å². The van der Waals surface area contributed by atoms with Gasteiger partial charge in [0.1, 0.15) is 5.52 Å². The summed E-state index contributed by atoms with van der Waals surface area (Å²) < 4.78 is 0.797. The number of halogens is 2. The number of nitrogens with zero attached hydrogens (tertiary/aromatic N) is 2. The van der Waals surface area contributed by atoms with Gasteiger partial charge in [-0.25, -0.2) is 4.98 Å². The lowest BCUT2D eigenvalue weighted by Gasteiger charge is -2.10. The molecule has 0 saturated heterocycles. The van der Waals surface area contributed by atoms with Crippen LogP contribution in [0.3, 0.4) is 0 Å². The van der Waals surface area contributed by atoms with Crippen LogP contribution in [0.15, 0.2) is 47.2 Å². The van der Waals surface area contributed by atoms with Gasteiger partial charge < -0.3 is 5.32 Å². The SMILES string of the molecule is CC.O=Cc1cnc2c(Nc3cccc(Br)c3Cl)nccc2c1. The molecule has 0 atom stereocenters. The molecule has 0 amide bonds. The van der Waals surface area contributed by atoms with E-state index >= 15 is 0 Å². The zero-order valence-corrected chi connectivity index (χ0v) is 15.0. The number of benzene rings is 1. The number of rotatable bonds is 3. The number of fused-ring (bicyclic) bond motifs is 1. The van der Waals surface area contributed by atoms with E-state index in [0.29, 0.717) is 21.9 Å². The molecule has 0 radical (unpaired) electrons. The number of hydrogen-bond acceptors (Lipinski definition) is 4. The van der Waals surface area contributed by atoms with Gasteiger partial charge in [0.15, 0.2) is 12.1 Å². The van der Waals surface area contributed by atoms with Crippen LogP contribution in [0.4, 0.5) is 11.5 Å². The van der Waals surface area contributed by atoms with E-state index in [1.165, 1.54) is 6.20 Å². The molecule has 0 unspecified atom stereocenters. The molecule has 2 aromatic heterocycles. The Morgan fingerprint density at radius 1 is 1.22 bits per heavy atom. The fourth-order valence-corrected chi connectivity index (χ4v) is 2.50. The van der Waals surface area contributed by atoms with Crippen molar-refractivity contribution in [1.82, 2.24) is 9.97 Å². The van der Waals surface area contributed by atoms with Gasteiger partial charge in [0.25, 0.3) is 0 Å². The number of carbonyl (C=O) groups excluding carboxylic acids is 1. The number of aromatic nitrogens is 2. The maximum absolute atomic E-state index is 10.8. The molecule has 6 heteroatoms. The lowest BCUT2D eigenvalue weighted by atomic mass is 10.2. The van der Waals surface area contributed by atoms with E-state index in [4.69, 9.17) is 11.6 Å². The molecule has 1 aromatic carbocycles. The lowest BCUT2D eigenvalue weighted by molar-refractivity contribution is 0.112. The summed E-state index contributed by atoms with van der Waals surface area (Å²) in [6.07, 6.45) is 3.95. The van der Waals surface area contributed by atoms with E-state index in [1.807, 2.05) is 38.1 Å². The highest BCUT2D eigenvalue weighted by molar-refractivity contribution is 9.10. The van der Waals surface area contributed by atoms with Crippen LogP contribution in [0.25, 0.3) is 10.9 Å². The molecule has 3 rings (SSSR count). The van der Waals surface area contributed by atoms with Crippen LogP contribution in [-0.2, 0) is 0 Å². The van der Waals surface area contributed by atoms with Gasteiger partial charge in [-0.05, 0) is 40.2 Å². The molecular weight excluding hydrogens is 378 g/mol. The van der Waals surface area contributed by atoms with Crippen molar-refractivity contribution in [2.75, 3.05) is 5.32 Å². The van der Waals surface area contributed by atoms with E-state index in [0.717, 1.165) is 21.8 Å². The predicted octanol–water partition coefficient (Wildman–Crippen LogP) is 5.63. The summed E-state index contributed by atoms with van der Waals surface area (Å²) in [6, 6.07) is 9.17. The molecule has 23 heavy (non-hydrogen) atoms. The first kappa shape index (κ1) is 17.4. The third-order valence-corrected chi connectivity index (χ3v) is 4.26. The zero-order chi connectivity index (χ0) is 16.8. The second-order valence-electron chi connectivity index (χ2n) is 4.34. The minimum atomic E-state index is 0.528. The first-order chi connectivity index (χ1) is 11.2. The monoisotopic (exact) mass is 391 g/mol. The molecular formula is C17H15BrClN3O. The van der Waals surface area contributed by atoms with Gasteiger partial charge >= 0.3 is 0 Å². The Bertz CT molecular complexity index is 839. The van der Waals surface area contributed by atoms with Crippen molar-refractivity contribution in [2.24, 2.45) is 0 Å². The highest BCUT2D eigenvalue weighted by atomic mass is 79.9. The average molecular weight is 393 g/mol. The number of hydrogen-bond donors (Lipinski definition) is 1. The van der Waals surface area contributed by atoms with Gasteiger partial charge in [-0.3, -0.25) is 9.78 Å². The average Bonchev–Trinajstić information content (AvgIpc) is 2.60.